The topological polar surface area (TPSA) is 96.5 Å². The van der Waals surface area contributed by atoms with E-state index in [4.69, 9.17) is 4.74 Å². The molecule has 1 aromatic carbocycles. The number of nitrogens with one attached hydrogen (secondary N) is 3. The minimum atomic E-state index is -0.674. The highest BCUT2D eigenvalue weighted by molar-refractivity contribution is 5.85. The van der Waals surface area contributed by atoms with Crippen LogP contribution in [0.2, 0.25) is 0 Å². The number of amides is 3. The lowest BCUT2D eigenvalue weighted by Gasteiger charge is -2.35. The maximum atomic E-state index is 13.1. The highest BCUT2D eigenvalue weighted by Crippen LogP contribution is 2.12. The van der Waals surface area contributed by atoms with Gasteiger partial charge in [-0.1, -0.05) is 101 Å². The van der Waals surface area contributed by atoms with Gasteiger partial charge in [0.2, 0.25) is 11.8 Å². The molecular formula is C38H69N4O4+. The molecule has 3 N–H and O–H groups in total. The Hall–Kier alpha value is -2.61. The Morgan fingerprint density at radius 3 is 1.85 bits per heavy atom. The molecule has 0 saturated heterocycles. The van der Waals surface area contributed by atoms with Crippen molar-refractivity contribution in [1.29, 1.82) is 0 Å². The predicted octanol–water partition coefficient (Wildman–Crippen LogP) is 8.04. The van der Waals surface area contributed by atoms with Gasteiger partial charge >= 0.3 is 6.09 Å². The first-order valence-corrected chi connectivity index (χ1v) is 18.8. The third-order valence-electron chi connectivity index (χ3n) is 9.44. The van der Waals surface area contributed by atoms with E-state index < -0.39 is 12.1 Å². The molecule has 46 heavy (non-hydrogen) atoms. The molecule has 0 aliphatic carbocycles. The number of hydrogen-bond donors (Lipinski definition) is 3. The highest BCUT2D eigenvalue weighted by Gasteiger charge is 2.22. The Morgan fingerprint density at radius 2 is 1.24 bits per heavy atom. The van der Waals surface area contributed by atoms with Gasteiger partial charge in [-0.05, 0) is 64.9 Å². The van der Waals surface area contributed by atoms with Crippen LogP contribution in [0.5, 0.6) is 0 Å². The van der Waals surface area contributed by atoms with Crippen molar-refractivity contribution in [3.8, 4) is 0 Å². The highest BCUT2D eigenvalue weighted by atomic mass is 16.5. The summed E-state index contributed by atoms with van der Waals surface area (Å²) in [5.74, 6) is -0.0795. The van der Waals surface area contributed by atoms with Gasteiger partial charge < -0.3 is 25.2 Å². The van der Waals surface area contributed by atoms with E-state index in [1.807, 2.05) is 30.3 Å². The largest absolute Gasteiger partial charge is 0.445 e. The van der Waals surface area contributed by atoms with E-state index in [0.717, 1.165) is 68.3 Å². The van der Waals surface area contributed by atoms with Crippen molar-refractivity contribution >= 4 is 17.9 Å². The number of carbonyl (C=O) groups excluding carboxylic acids is 3. The first kappa shape index (κ1) is 41.4. The van der Waals surface area contributed by atoms with Crippen molar-refractivity contribution < 1.29 is 23.6 Å². The van der Waals surface area contributed by atoms with Crippen LogP contribution in [0.3, 0.4) is 0 Å². The Bertz CT molecular complexity index is 899. The van der Waals surface area contributed by atoms with Gasteiger partial charge in [0.05, 0.1) is 26.2 Å². The lowest BCUT2D eigenvalue weighted by atomic mass is 10.1. The van der Waals surface area contributed by atoms with Crippen LogP contribution >= 0.6 is 0 Å². The number of alkyl carbamates (subject to hydrolysis) is 1. The van der Waals surface area contributed by atoms with Crippen molar-refractivity contribution in [2.75, 3.05) is 39.3 Å². The summed E-state index contributed by atoms with van der Waals surface area (Å²) in [5, 5.41) is 8.83. The molecular weight excluding hydrogens is 576 g/mol. The van der Waals surface area contributed by atoms with E-state index in [1.165, 1.54) is 57.8 Å². The van der Waals surface area contributed by atoms with Crippen LogP contribution in [0.4, 0.5) is 4.79 Å². The van der Waals surface area contributed by atoms with Crippen LogP contribution in [0, 0.1) is 0 Å². The molecule has 0 aromatic heterocycles. The first-order chi connectivity index (χ1) is 22.4. The maximum absolute atomic E-state index is 13.1. The van der Waals surface area contributed by atoms with Crippen LogP contribution in [-0.4, -0.2) is 67.7 Å². The third kappa shape index (κ3) is 20.5. The number of hydrogen-bond acceptors (Lipinski definition) is 4. The summed E-state index contributed by atoms with van der Waals surface area (Å²) in [7, 11) is 0. The van der Waals surface area contributed by atoms with Crippen molar-refractivity contribution in [2.45, 2.75) is 149 Å². The standard InChI is InChI=1S/C38H68N4O4/c1-5-9-10-11-12-13-14-15-16-17-21-29-36(43)39-30-23-22-28-35(41-38(45)46-33-34-26-19-18-20-27-34)37(44)40-31-24-25-32-42(6-2,7-3)8-4/h18-20,26-27,35H,5-17,21-25,28-33H2,1-4H3,(H2-,39,40,41,43,44,45)/p+1/t35-/m0/s1. The number of ether oxygens (including phenoxy) is 1. The van der Waals surface area contributed by atoms with Gasteiger partial charge in [-0.25, -0.2) is 4.79 Å². The molecule has 0 bridgehead atoms. The quantitative estimate of drug-likeness (QED) is 0.0607. The smallest absolute Gasteiger partial charge is 0.408 e. The lowest BCUT2D eigenvalue weighted by Crippen LogP contribution is -2.48. The fraction of sp³-hybridized carbons (Fsp3) is 0.763. The SMILES string of the molecule is CCCCCCCCCCCCCC(=O)NCCCC[C@H](NC(=O)OCc1ccccc1)C(=O)NCCCC[N+](CC)(CC)CC. The number of nitrogens with zero attached hydrogens (tertiary/aromatic N) is 1. The summed E-state index contributed by atoms with van der Waals surface area (Å²) < 4.78 is 6.49. The molecule has 0 spiro atoms. The second kappa shape index (κ2) is 27.5. The zero-order valence-corrected chi connectivity index (χ0v) is 30.0. The molecule has 3 amide bonds. The zero-order valence-electron chi connectivity index (χ0n) is 30.0. The number of carbonyl (C=O) groups is 3. The number of benzene rings is 1. The summed E-state index contributed by atoms with van der Waals surface area (Å²) in [6, 6.07) is 8.82. The summed E-state index contributed by atoms with van der Waals surface area (Å²) in [6.07, 6.45) is 17.8. The van der Waals surface area contributed by atoms with Gasteiger partial charge in [-0.2, -0.15) is 0 Å². The molecule has 8 heteroatoms. The van der Waals surface area contributed by atoms with E-state index in [-0.39, 0.29) is 18.4 Å². The number of rotatable bonds is 29. The van der Waals surface area contributed by atoms with Gasteiger partial charge in [0.15, 0.2) is 0 Å². The molecule has 0 heterocycles. The Morgan fingerprint density at radius 1 is 0.674 bits per heavy atom. The summed E-state index contributed by atoms with van der Waals surface area (Å²) in [4.78, 5) is 37.9. The van der Waals surface area contributed by atoms with Gasteiger partial charge in [-0.3, -0.25) is 9.59 Å². The molecule has 0 aliphatic heterocycles. The summed E-state index contributed by atoms with van der Waals surface area (Å²) >= 11 is 0. The summed E-state index contributed by atoms with van der Waals surface area (Å²) in [5.41, 5.74) is 0.892. The zero-order chi connectivity index (χ0) is 33.7. The summed E-state index contributed by atoms with van der Waals surface area (Å²) in [6.45, 7) is 14.8. The maximum Gasteiger partial charge on any atom is 0.408 e. The molecule has 0 aliphatic rings. The van der Waals surface area contributed by atoms with Crippen LogP contribution < -0.4 is 16.0 Å². The fourth-order valence-corrected chi connectivity index (χ4v) is 5.97. The number of quaternary nitrogens is 1. The molecule has 0 unspecified atom stereocenters. The van der Waals surface area contributed by atoms with Gasteiger partial charge in [-0.15, -0.1) is 0 Å². The fourth-order valence-electron chi connectivity index (χ4n) is 5.97. The monoisotopic (exact) mass is 646 g/mol. The van der Waals surface area contributed by atoms with E-state index in [0.29, 0.717) is 32.4 Å². The second-order valence-electron chi connectivity index (χ2n) is 12.9. The van der Waals surface area contributed by atoms with E-state index in [2.05, 4.69) is 43.6 Å². The van der Waals surface area contributed by atoms with Crippen molar-refractivity contribution in [3.63, 3.8) is 0 Å². The van der Waals surface area contributed by atoms with E-state index >= 15 is 0 Å². The molecule has 1 aromatic rings. The second-order valence-corrected chi connectivity index (χ2v) is 12.9. The molecule has 8 nitrogen and oxygen atoms in total. The average molecular weight is 646 g/mol. The predicted molar refractivity (Wildman–Crippen MR) is 190 cm³/mol. The molecule has 1 rings (SSSR count). The molecule has 0 radical (unpaired) electrons. The molecule has 264 valence electrons. The number of unbranched alkanes of at least 4 members (excludes halogenated alkanes) is 12. The van der Waals surface area contributed by atoms with Crippen molar-refractivity contribution in [3.05, 3.63) is 35.9 Å². The third-order valence-corrected chi connectivity index (χ3v) is 9.44. The minimum absolute atomic E-state index is 0.102. The Balaban J connectivity index is 2.34. The molecule has 1 atom stereocenters. The lowest BCUT2D eigenvalue weighted by molar-refractivity contribution is -0.923. The first-order valence-electron chi connectivity index (χ1n) is 18.8. The molecule has 0 fully saturated rings. The van der Waals surface area contributed by atoms with Crippen LogP contribution in [0.15, 0.2) is 30.3 Å². The molecule has 0 saturated carbocycles. The van der Waals surface area contributed by atoms with E-state index in [1.54, 1.807) is 0 Å². The van der Waals surface area contributed by atoms with Crippen molar-refractivity contribution in [1.82, 2.24) is 16.0 Å². The normalized spacial score (nSPS) is 12.0. The van der Waals surface area contributed by atoms with Gasteiger partial charge in [0, 0.05) is 19.5 Å². The van der Waals surface area contributed by atoms with E-state index in [9.17, 15) is 14.4 Å². The van der Waals surface area contributed by atoms with Gasteiger partial charge in [0.1, 0.15) is 12.6 Å². The van der Waals surface area contributed by atoms with Gasteiger partial charge in [0.25, 0.3) is 0 Å². The Labute approximate surface area is 281 Å². The van der Waals surface area contributed by atoms with Crippen molar-refractivity contribution in [2.24, 2.45) is 0 Å². The average Bonchev–Trinajstić information content (AvgIpc) is 3.07. The van der Waals surface area contributed by atoms with Crippen LogP contribution in [0.25, 0.3) is 0 Å². The van der Waals surface area contributed by atoms with Crippen LogP contribution in [0.1, 0.15) is 142 Å². The van der Waals surface area contributed by atoms with Crippen LogP contribution in [-0.2, 0) is 20.9 Å². The Kier molecular flexibility index (Phi) is 24.8. The minimum Gasteiger partial charge on any atom is -0.445 e.